The van der Waals surface area contributed by atoms with E-state index in [0.29, 0.717) is 30.3 Å². The van der Waals surface area contributed by atoms with E-state index in [4.69, 9.17) is 10.2 Å². The average molecular weight is 569 g/mol. The van der Waals surface area contributed by atoms with Crippen molar-refractivity contribution in [2.24, 2.45) is 5.92 Å². The first kappa shape index (κ1) is 30.7. The lowest BCUT2D eigenvalue weighted by atomic mass is 9.89. The highest BCUT2D eigenvalue weighted by molar-refractivity contribution is 5.97. The molecule has 42 heavy (non-hydrogen) atoms. The number of carboxylic acid groups (broad SMARTS) is 2. The number of carbonyl (C=O) groups is 3. The molecule has 2 aliphatic rings. The third-order valence-corrected chi connectivity index (χ3v) is 7.94. The topological polar surface area (TPSA) is 98.2 Å². The Morgan fingerprint density at radius 3 is 1.95 bits per heavy atom. The van der Waals surface area contributed by atoms with Gasteiger partial charge in [0, 0.05) is 49.5 Å². The molecule has 3 aromatic rings. The Labute approximate surface area is 248 Å². The molecule has 0 bridgehead atoms. The van der Waals surface area contributed by atoms with Crippen molar-refractivity contribution in [1.29, 1.82) is 0 Å². The van der Waals surface area contributed by atoms with Gasteiger partial charge in [-0.05, 0) is 73.9 Å². The largest absolute Gasteiger partial charge is 0.478 e. The van der Waals surface area contributed by atoms with Crippen LogP contribution in [0.25, 0.3) is 0 Å². The molecule has 0 spiro atoms. The fourth-order valence-corrected chi connectivity index (χ4v) is 5.69. The highest BCUT2D eigenvalue weighted by Crippen LogP contribution is 2.31. The van der Waals surface area contributed by atoms with Crippen LogP contribution in [0.2, 0.25) is 0 Å². The third kappa shape index (κ3) is 9.70. The summed E-state index contributed by atoms with van der Waals surface area (Å²) in [6.07, 6.45) is 7.49. The molecule has 0 saturated carbocycles. The molecular formula is C35H40N2O5. The molecule has 2 N–H and O–H groups in total. The van der Waals surface area contributed by atoms with Crippen LogP contribution in [-0.4, -0.2) is 52.5 Å². The van der Waals surface area contributed by atoms with Gasteiger partial charge in [0.2, 0.25) is 0 Å². The van der Waals surface area contributed by atoms with Gasteiger partial charge in [-0.15, -0.1) is 0 Å². The number of hydrogen-bond acceptors (Lipinski definition) is 5. The number of Topliss-reactive ketones (excluding diaryl/α,β-unsaturated/α-hetero) is 1. The fraction of sp³-hybridized carbons (Fsp3) is 0.343. The summed E-state index contributed by atoms with van der Waals surface area (Å²) in [6.45, 7) is 5.29. The summed E-state index contributed by atoms with van der Waals surface area (Å²) in [4.78, 5) is 37.2. The van der Waals surface area contributed by atoms with Crippen LogP contribution in [0.1, 0.15) is 59.2 Å². The van der Waals surface area contributed by atoms with Crippen molar-refractivity contribution in [1.82, 2.24) is 4.90 Å². The fourth-order valence-electron chi connectivity index (χ4n) is 5.69. The highest BCUT2D eigenvalue weighted by atomic mass is 16.4. The second-order valence-corrected chi connectivity index (χ2v) is 11.0. The van der Waals surface area contributed by atoms with Gasteiger partial charge in [-0.25, -0.2) is 9.59 Å². The minimum Gasteiger partial charge on any atom is -0.478 e. The van der Waals surface area contributed by atoms with Crippen molar-refractivity contribution in [2.75, 3.05) is 24.5 Å². The molecule has 7 nitrogen and oxygen atoms in total. The van der Waals surface area contributed by atoms with E-state index >= 15 is 0 Å². The normalized spacial score (nSPS) is 15.5. The quantitative estimate of drug-likeness (QED) is 0.221. The van der Waals surface area contributed by atoms with Crippen LogP contribution in [0.4, 0.5) is 5.69 Å². The van der Waals surface area contributed by atoms with Gasteiger partial charge in [-0.2, -0.15) is 0 Å². The van der Waals surface area contributed by atoms with Crippen LogP contribution in [0.3, 0.4) is 0 Å². The molecule has 0 aliphatic carbocycles. The molecule has 2 aliphatic heterocycles. The van der Waals surface area contributed by atoms with Crippen LogP contribution in [0, 0.1) is 5.92 Å². The summed E-state index contributed by atoms with van der Waals surface area (Å²) in [6, 6.07) is 27.8. The first-order valence-electron chi connectivity index (χ1n) is 14.7. The second kappa shape index (κ2) is 15.7. The number of rotatable bonds is 10. The maximum absolute atomic E-state index is 13.1. The Hall–Kier alpha value is -4.23. The summed E-state index contributed by atoms with van der Waals surface area (Å²) in [5.41, 5.74) is 6.25. The van der Waals surface area contributed by atoms with Gasteiger partial charge in [0.15, 0.2) is 5.78 Å². The molecule has 3 aromatic carbocycles. The summed E-state index contributed by atoms with van der Waals surface area (Å²) in [7, 11) is 0. The molecular weight excluding hydrogens is 528 g/mol. The maximum atomic E-state index is 13.1. The lowest BCUT2D eigenvalue weighted by molar-refractivity contribution is -0.134. The van der Waals surface area contributed by atoms with Crippen LogP contribution < -0.4 is 4.90 Å². The van der Waals surface area contributed by atoms with Gasteiger partial charge in [0.1, 0.15) is 0 Å². The van der Waals surface area contributed by atoms with Crippen LogP contribution in [-0.2, 0) is 29.1 Å². The summed E-state index contributed by atoms with van der Waals surface area (Å²) < 4.78 is 0. The molecule has 0 unspecified atom stereocenters. The SMILES string of the molecule is O=C(CCC1CCN(Cc2ccccc2)CC1)c1ccc2c(c1)N(Cc1ccccc1)CCC2.O=C(O)/C=C/C(=O)O. The standard InChI is InChI=1S/C31H36N2O.C4H4O4/c34-31(16-13-25-17-20-32(21-18-25)23-26-8-3-1-4-9-26)29-15-14-28-12-7-19-33(30(28)22-29)24-27-10-5-2-6-11-27;5-3(6)1-2-4(7)8/h1-6,8-11,14-15,22,25H,7,12-13,16-21,23-24H2;1-2H,(H,5,6)(H,7,8)/b;2-1+. The number of carboxylic acids is 2. The molecule has 5 rings (SSSR count). The lowest BCUT2D eigenvalue weighted by Crippen LogP contribution is -2.33. The Kier molecular flexibility index (Phi) is 11.5. The lowest BCUT2D eigenvalue weighted by Gasteiger charge is -2.32. The first-order chi connectivity index (χ1) is 20.4. The number of aliphatic carboxylic acids is 2. The maximum Gasteiger partial charge on any atom is 0.328 e. The Balaban J connectivity index is 0.000000446. The van der Waals surface area contributed by atoms with Gasteiger partial charge in [-0.3, -0.25) is 9.69 Å². The van der Waals surface area contributed by atoms with E-state index in [1.807, 2.05) is 0 Å². The number of aryl methyl sites for hydroxylation is 1. The Bertz CT molecular complexity index is 1330. The van der Waals surface area contributed by atoms with Crippen molar-refractivity contribution < 1.29 is 24.6 Å². The van der Waals surface area contributed by atoms with Crippen LogP contribution >= 0.6 is 0 Å². The van der Waals surface area contributed by atoms with E-state index in [0.717, 1.165) is 51.1 Å². The van der Waals surface area contributed by atoms with Gasteiger partial charge in [0.05, 0.1) is 0 Å². The minimum atomic E-state index is -1.26. The van der Waals surface area contributed by atoms with Crippen LogP contribution in [0.5, 0.6) is 0 Å². The Morgan fingerprint density at radius 1 is 0.762 bits per heavy atom. The van der Waals surface area contributed by atoms with Crippen molar-refractivity contribution >= 4 is 23.4 Å². The number of likely N-dealkylation sites (tertiary alicyclic amines) is 1. The predicted molar refractivity (Wildman–Crippen MR) is 165 cm³/mol. The summed E-state index contributed by atoms with van der Waals surface area (Å²) >= 11 is 0. The number of piperidine rings is 1. The number of hydrogen-bond donors (Lipinski definition) is 2. The molecule has 0 radical (unpaired) electrons. The average Bonchev–Trinajstić information content (AvgIpc) is 3.01. The highest BCUT2D eigenvalue weighted by Gasteiger charge is 2.22. The van der Waals surface area contributed by atoms with Gasteiger partial charge >= 0.3 is 11.9 Å². The molecule has 0 amide bonds. The van der Waals surface area contributed by atoms with E-state index in [-0.39, 0.29) is 0 Å². The summed E-state index contributed by atoms with van der Waals surface area (Å²) in [5, 5.41) is 15.6. The molecule has 0 aromatic heterocycles. The molecule has 220 valence electrons. The van der Waals surface area contributed by atoms with E-state index in [2.05, 4.69) is 88.7 Å². The third-order valence-electron chi connectivity index (χ3n) is 7.94. The van der Waals surface area contributed by atoms with E-state index in [9.17, 15) is 14.4 Å². The zero-order valence-electron chi connectivity index (χ0n) is 24.0. The van der Waals surface area contributed by atoms with Gasteiger partial charge in [0.25, 0.3) is 0 Å². The van der Waals surface area contributed by atoms with Gasteiger partial charge in [-0.1, -0.05) is 72.8 Å². The van der Waals surface area contributed by atoms with E-state index in [1.165, 1.54) is 41.6 Å². The second-order valence-electron chi connectivity index (χ2n) is 11.0. The van der Waals surface area contributed by atoms with E-state index < -0.39 is 11.9 Å². The molecule has 7 heteroatoms. The van der Waals surface area contributed by atoms with Crippen LogP contribution in [0.15, 0.2) is 91.0 Å². The predicted octanol–water partition coefficient (Wildman–Crippen LogP) is 6.23. The number of nitrogens with zero attached hydrogens (tertiary/aromatic N) is 2. The van der Waals surface area contributed by atoms with Crippen molar-refractivity contribution in [3.8, 4) is 0 Å². The number of carbonyl (C=O) groups excluding carboxylic acids is 1. The number of anilines is 1. The Morgan fingerprint density at radius 2 is 1.36 bits per heavy atom. The first-order valence-corrected chi connectivity index (χ1v) is 14.7. The molecule has 2 heterocycles. The number of benzene rings is 3. The molecule has 1 saturated heterocycles. The minimum absolute atomic E-state index is 0.305. The monoisotopic (exact) mass is 568 g/mol. The smallest absolute Gasteiger partial charge is 0.328 e. The number of ketones is 1. The van der Waals surface area contributed by atoms with Crippen molar-refractivity contribution in [3.05, 3.63) is 113 Å². The van der Waals surface area contributed by atoms with E-state index in [1.54, 1.807) is 0 Å². The summed E-state index contributed by atoms with van der Waals surface area (Å²) in [5.74, 6) is -1.54. The number of fused-ring (bicyclic) bond motifs is 1. The molecule has 0 atom stereocenters. The zero-order valence-corrected chi connectivity index (χ0v) is 24.0. The molecule has 1 fully saturated rings. The van der Waals surface area contributed by atoms with Gasteiger partial charge < -0.3 is 15.1 Å². The van der Waals surface area contributed by atoms with Crippen molar-refractivity contribution in [3.63, 3.8) is 0 Å². The van der Waals surface area contributed by atoms with Crippen molar-refractivity contribution in [2.45, 2.75) is 51.6 Å². The zero-order chi connectivity index (χ0) is 29.7.